The van der Waals surface area contributed by atoms with Crippen LogP contribution in [0, 0.1) is 0 Å². The SMILES string of the molecule is CCCCCN(CCCCC)S(=O)(=O)O. The summed E-state index contributed by atoms with van der Waals surface area (Å²) in [6, 6.07) is 0. The maximum Gasteiger partial charge on any atom is 0.335 e. The van der Waals surface area contributed by atoms with Gasteiger partial charge in [-0.05, 0) is 12.8 Å². The van der Waals surface area contributed by atoms with Gasteiger partial charge in [-0.3, -0.25) is 4.55 Å². The van der Waals surface area contributed by atoms with E-state index in [1.54, 1.807) is 0 Å². The largest absolute Gasteiger partial charge is 0.335 e. The van der Waals surface area contributed by atoms with Crippen LogP contribution in [0.2, 0.25) is 0 Å². The third kappa shape index (κ3) is 7.76. The van der Waals surface area contributed by atoms with E-state index in [2.05, 4.69) is 13.8 Å². The summed E-state index contributed by atoms with van der Waals surface area (Å²) in [5, 5.41) is 0. The predicted molar refractivity (Wildman–Crippen MR) is 62.2 cm³/mol. The fraction of sp³-hybridized carbons (Fsp3) is 1.00. The van der Waals surface area contributed by atoms with Gasteiger partial charge in [-0.2, -0.15) is 12.7 Å². The van der Waals surface area contributed by atoms with Gasteiger partial charge >= 0.3 is 10.3 Å². The lowest BCUT2D eigenvalue weighted by Gasteiger charge is -2.17. The number of hydrogen-bond acceptors (Lipinski definition) is 2. The standard InChI is InChI=1S/C10H23NO3S/c1-3-5-7-9-11(15(12,13)14)10-8-6-4-2/h3-10H2,1-2H3,(H,12,13,14). The van der Waals surface area contributed by atoms with Gasteiger partial charge in [0.2, 0.25) is 0 Å². The Labute approximate surface area is 93.5 Å². The molecule has 0 rings (SSSR count). The molecule has 0 aromatic carbocycles. The minimum atomic E-state index is -3.99. The molecule has 0 amide bonds. The first-order chi connectivity index (χ1) is 7.02. The normalized spacial score (nSPS) is 12.3. The Bertz CT molecular complexity index is 229. The molecule has 0 aliphatic heterocycles. The second-order valence-electron chi connectivity index (χ2n) is 3.79. The first-order valence-corrected chi connectivity index (χ1v) is 7.14. The first kappa shape index (κ1) is 14.9. The van der Waals surface area contributed by atoms with Crippen molar-refractivity contribution in [2.75, 3.05) is 13.1 Å². The molecule has 0 aromatic rings. The molecular weight excluding hydrogens is 214 g/mol. The molecule has 0 heterocycles. The van der Waals surface area contributed by atoms with Gasteiger partial charge in [0.05, 0.1) is 0 Å². The van der Waals surface area contributed by atoms with Crippen LogP contribution in [-0.2, 0) is 10.3 Å². The maximum absolute atomic E-state index is 11.0. The van der Waals surface area contributed by atoms with Crippen molar-refractivity contribution in [1.82, 2.24) is 4.31 Å². The average molecular weight is 237 g/mol. The molecule has 1 N–H and O–H groups in total. The van der Waals surface area contributed by atoms with Crippen molar-refractivity contribution in [3.05, 3.63) is 0 Å². The van der Waals surface area contributed by atoms with Crippen molar-refractivity contribution in [3.63, 3.8) is 0 Å². The van der Waals surface area contributed by atoms with Gasteiger partial charge in [-0.1, -0.05) is 39.5 Å². The molecule has 0 saturated heterocycles. The summed E-state index contributed by atoms with van der Waals surface area (Å²) in [5.74, 6) is 0. The van der Waals surface area contributed by atoms with Crippen LogP contribution < -0.4 is 0 Å². The zero-order valence-corrected chi connectivity index (χ0v) is 10.6. The highest BCUT2D eigenvalue weighted by atomic mass is 32.2. The zero-order chi connectivity index (χ0) is 11.7. The fourth-order valence-corrected chi connectivity index (χ4v) is 2.14. The maximum atomic E-state index is 11.0. The van der Waals surface area contributed by atoms with Crippen LogP contribution in [0.5, 0.6) is 0 Å². The number of hydrogen-bond donors (Lipinski definition) is 1. The minimum Gasteiger partial charge on any atom is -0.273 e. The third-order valence-corrected chi connectivity index (χ3v) is 3.37. The highest BCUT2D eigenvalue weighted by molar-refractivity contribution is 7.83. The van der Waals surface area contributed by atoms with Crippen molar-refractivity contribution < 1.29 is 13.0 Å². The van der Waals surface area contributed by atoms with E-state index in [-0.39, 0.29) is 0 Å². The minimum absolute atomic E-state index is 0.441. The van der Waals surface area contributed by atoms with Crippen molar-refractivity contribution in [2.24, 2.45) is 0 Å². The zero-order valence-electron chi connectivity index (χ0n) is 9.78. The Balaban J connectivity index is 3.97. The molecule has 0 aliphatic carbocycles. The summed E-state index contributed by atoms with van der Waals surface area (Å²) >= 11 is 0. The topological polar surface area (TPSA) is 57.6 Å². The van der Waals surface area contributed by atoms with E-state index in [1.807, 2.05) is 0 Å². The Hall–Kier alpha value is -0.130. The molecule has 0 radical (unpaired) electrons. The average Bonchev–Trinajstić information content (AvgIpc) is 2.14. The van der Waals surface area contributed by atoms with Gasteiger partial charge in [0.1, 0.15) is 0 Å². The molecule has 0 spiro atoms. The Kier molecular flexibility index (Phi) is 8.00. The van der Waals surface area contributed by atoms with E-state index >= 15 is 0 Å². The highest BCUT2D eigenvalue weighted by Crippen LogP contribution is 2.06. The molecule has 0 aliphatic rings. The lowest BCUT2D eigenvalue weighted by Crippen LogP contribution is -2.32. The fourth-order valence-electron chi connectivity index (χ4n) is 1.42. The van der Waals surface area contributed by atoms with E-state index in [0.29, 0.717) is 13.1 Å². The summed E-state index contributed by atoms with van der Waals surface area (Å²) in [6.07, 6.45) is 5.74. The second kappa shape index (κ2) is 8.07. The quantitative estimate of drug-likeness (QED) is 0.495. The van der Waals surface area contributed by atoms with Gasteiger partial charge in [-0.25, -0.2) is 0 Å². The molecule has 0 fully saturated rings. The van der Waals surface area contributed by atoms with E-state index in [0.717, 1.165) is 38.5 Å². The molecule has 0 aromatic heterocycles. The van der Waals surface area contributed by atoms with Crippen molar-refractivity contribution in [1.29, 1.82) is 0 Å². The molecule has 15 heavy (non-hydrogen) atoms. The monoisotopic (exact) mass is 237 g/mol. The number of rotatable bonds is 9. The van der Waals surface area contributed by atoms with Crippen LogP contribution in [0.15, 0.2) is 0 Å². The van der Waals surface area contributed by atoms with Crippen LogP contribution in [0.25, 0.3) is 0 Å². The lowest BCUT2D eigenvalue weighted by atomic mass is 10.2. The van der Waals surface area contributed by atoms with E-state index in [9.17, 15) is 8.42 Å². The van der Waals surface area contributed by atoms with Crippen molar-refractivity contribution in [2.45, 2.75) is 52.4 Å². The lowest BCUT2D eigenvalue weighted by molar-refractivity contribution is 0.338. The van der Waals surface area contributed by atoms with E-state index in [1.165, 1.54) is 4.31 Å². The number of nitrogens with zero attached hydrogens (tertiary/aromatic N) is 1. The van der Waals surface area contributed by atoms with Crippen LogP contribution >= 0.6 is 0 Å². The predicted octanol–water partition coefficient (Wildman–Crippen LogP) is 2.47. The van der Waals surface area contributed by atoms with Gasteiger partial charge in [-0.15, -0.1) is 0 Å². The first-order valence-electron chi connectivity index (χ1n) is 5.75. The van der Waals surface area contributed by atoms with Crippen LogP contribution in [-0.4, -0.2) is 30.4 Å². The molecule has 0 unspecified atom stereocenters. The summed E-state index contributed by atoms with van der Waals surface area (Å²) in [7, 11) is -3.99. The van der Waals surface area contributed by atoms with E-state index < -0.39 is 10.3 Å². The molecule has 0 atom stereocenters. The van der Waals surface area contributed by atoms with Crippen molar-refractivity contribution in [3.8, 4) is 0 Å². The molecule has 5 heteroatoms. The van der Waals surface area contributed by atoms with Crippen molar-refractivity contribution >= 4 is 10.3 Å². The molecule has 92 valence electrons. The van der Waals surface area contributed by atoms with Gasteiger partial charge in [0.15, 0.2) is 0 Å². The second-order valence-corrected chi connectivity index (χ2v) is 5.20. The summed E-state index contributed by atoms with van der Waals surface area (Å²) in [6.45, 7) is 5.01. The van der Waals surface area contributed by atoms with E-state index in [4.69, 9.17) is 4.55 Å². The summed E-state index contributed by atoms with van der Waals surface area (Å²) in [4.78, 5) is 0. The van der Waals surface area contributed by atoms with Crippen LogP contribution in [0.3, 0.4) is 0 Å². The van der Waals surface area contributed by atoms with Gasteiger partial charge in [0, 0.05) is 13.1 Å². The van der Waals surface area contributed by atoms with Crippen LogP contribution in [0.1, 0.15) is 52.4 Å². The third-order valence-electron chi connectivity index (χ3n) is 2.35. The molecule has 0 bridgehead atoms. The smallest absolute Gasteiger partial charge is 0.273 e. The highest BCUT2D eigenvalue weighted by Gasteiger charge is 2.17. The van der Waals surface area contributed by atoms with Gasteiger partial charge in [0.25, 0.3) is 0 Å². The summed E-state index contributed by atoms with van der Waals surface area (Å²) < 4.78 is 32.2. The molecule has 4 nitrogen and oxygen atoms in total. The number of unbranched alkanes of at least 4 members (excludes halogenated alkanes) is 4. The Morgan fingerprint density at radius 3 is 1.60 bits per heavy atom. The summed E-state index contributed by atoms with van der Waals surface area (Å²) in [5.41, 5.74) is 0. The Morgan fingerprint density at radius 2 is 1.33 bits per heavy atom. The van der Waals surface area contributed by atoms with Crippen LogP contribution in [0.4, 0.5) is 0 Å². The molecule has 0 saturated carbocycles. The van der Waals surface area contributed by atoms with Gasteiger partial charge < -0.3 is 0 Å². The molecular formula is C10H23NO3S. The Morgan fingerprint density at radius 1 is 0.933 bits per heavy atom.